The Morgan fingerprint density at radius 2 is 2.14 bits per heavy atom. The van der Waals surface area contributed by atoms with Crippen LogP contribution in [0.5, 0.6) is 5.75 Å². The van der Waals surface area contributed by atoms with Gasteiger partial charge in [0, 0.05) is 0 Å². The molecule has 2 heteroatoms. The van der Waals surface area contributed by atoms with Crippen molar-refractivity contribution in [3.8, 4) is 5.75 Å². The van der Waals surface area contributed by atoms with Crippen LogP contribution in [0.4, 0.5) is 0 Å². The first-order valence-electron chi connectivity index (χ1n) is 5.11. The van der Waals surface area contributed by atoms with Gasteiger partial charge in [0.1, 0.15) is 12.4 Å². The van der Waals surface area contributed by atoms with Gasteiger partial charge in [0.15, 0.2) is 0 Å². The number of benzene rings is 1. The summed E-state index contributed by atoms with van der Waals surface area (Å²) < 4.78 is 5.35. The lowest BCUT2D eigenvalue weighted by molar-refractivity contribution is 0.201. The van der Waals surface area contributed by atoms with E-state index < -0.39 is 0 Å². The van der Waals surface area contributed by atoms with Crippen molar-refractivity contribution in [3.63, 3.8) is 0 Å². The maximum absolute atomic E-state index is 8.63. The van der Waals surface area contributed by atoms with Crippen LogP contribution in [0.3, 0.4) is 0 Å². The number of aryl methyl sites for hydroxylation is 2. The average Bonchev–Trinajstić information content (AvgIpc) is 2.19. The highest BCUT2D eigenvalue weighted by atomic mass is 16.5. The molecule has 0 saturated heterocycles. The zero-order valence-electron chi connectivity index (χ0n) is 8.92. The van der Waals surface area contributed by atoms with Gasteiger partial charge in [-0.3, -0.25) is 0 Å². The highest BCUT2D eigenvalue weighted by molar-refractivity contribution is 5.34. The van der Waals surface area contributed by atoms with E-state index in [4.69, 9.17) is 9.84 Å². The molecule has 0 aliphatic carbocycles. The summed E-state index contributed by atoms with van der Waals surface area (Å²) in [5.74, 6) is 0.855. The molecular formula is C12H18O2. The Hall–Kier alpha value is -1.02. The fraction of sp³-hybridized carbons (Fsp3) is 0.500. The molecule has 1 aromatic rings. The Balaban J connectivity index is 2.72. The van der Waals surface area contributed by atoms with Gasteiger partial charge in [0.2, 0.25) is 0 Å². The number of rotatable bonds is 5. The Morgan fingerprint density at radius 1 is 1.36 bits per heavy atom. The molecule has 0 fully saturated rings. The molecule has 0 aliphatic rings. The van der Waals surface area contributed by atoms with E-state index in [0.717, 1.165) is 18.6 Å². The zero-order chi connectivity index (χ0) is 10.4. The Bertz CT molecular complexity index is 282. The molecule has 1 aromatic carbocycles. The molecule has 0 aromatic heterocycles. The van der Waals surface area contributed by atoms with Crippen LogP contribution >= 0.6 is 0 Å². The van der Waals surface area contributed by atoms with E-state index in [1.165, 1.54) is 11.1 Å². The van der Waals surface area contributed by atoms with Gasteiger partial charge in [0.25, 0.3) is 0 Å². The summed E-state index contributed by atoms with van der Waals surface area (Å²) in [7, 11) is 0. The van der Waals surface area contributed by atoms with Crippen LogP contribution in [-0.4, -0.2) is 18.3 Å². The fourth-order valence-electron chi connectivity index (χ4n) is 1.44. The zero-order valence-corrected chi connectivity index (χ0v) is 8.92. The Labute approximate surface area is 85.5 Å². The highest BCUT2D eigenvalue weighted by Crippen LogP contribution is 2.18. The van der Waals surface area contributed by atoms with Crippen LogP contribution in [0, 0.1) is 6.92 Å². The SMILES string of the molecule is CCCc1cc(OCCO)ccc1C. The molecule has 0 radical (unpaired) electrons. The first-order valence-corrected chi connectivity index (χ1v) is 5.11. The molecule has 0 saturated carbocycles. The van der Waals surface area contributed by atoms with E-state index in [-0.39, 0.29) is 6.61 Å². The van der Waals surface area contributed by atoms with Crippen LogP contribution in [0.15, 0.2) is 18.2 Å². The minimum atomic E-state index is 0.0665. The largest absolute Gasteiger partial charge is 0.491 e. The number of ether oxygens (including phenoxy) is 1. The number of aliphatic hydroxyl groups excluding tert-OH is 1. The van der Waals surface area contributed by atoms with Crippen LogP contribution in [0.2, 0.25) is 0 Å². The van der Waals surface area contributed by atoms with Crippen molar-refractivity contribution in [2.45, 2.75) is 26.7 Å². The topological polar surface area (TPSA) is 29.5 Å². The molecule has 0 atom stereocenters. The maximum atomic E-state index is 8.63. The van der Waals surface area contributed by atoms with Gasteiger partial charge >= 0.3 is 0 Å². The third-order valence-electron chi connectivity index (χ3n) is 2.20. The number of aliphatic hydroxyl groups is 1. The summed E-state index contributed by atoms with van der Waals surface area (Å²) in [6, 6.07) is 6.08. The lowest BCUT2D eigenvalue weighted by Gasteiger charge is -2.08. The van der Waals surface area contributed by atoms with Crippen LogP contribution < -0.4 is 4.74 Å². The van der Waals surface area contributed by atoms with Crippen LogP contribution in [0.1, 0.15) is 24.5 Å². The minimum absolute atomic E-state index is 0.0665. The third-order valence-corrected chi connectivity index (χ3v) is 2.20. The van der Waals surface area contributed by atoms with Crippen molar-refractivity contribution in [1.82, 2.24) is 0 Å². The van der Waals surface area contributed by atoms with Gasteiger partial charge < -0.3 is 9.84 Å². The average molecular weight is 194 g/mol. The molecule has 0 bridgehead atoms. The molecule has 2 nitrogen and oxygen atoms in total. The highest BCUT2D eigenvalue weighted by Gasteiger charge is 2.00. The normalized spacial score (nSPS) is 10.2. The van der Waals surface area contributed by atoms with Crippen molar-refractivity contribution >= 4 is 0 Å². The van der Waals surface area contributed by atoms with Gasteiger partial charge in [-0.05, 0) is 36.6 Å². The first kappa shape index (κ1) is 11.1. The summed E-state index contributed by atoms with van der Waals surface area (Å²) in [4.78, 5) is 0. The van der Waals surface area contributed by atoms with E-state index in [1.807, 2.05) is 6.07 Å². The van der Waals surface area contributed by atoms with Crippen molar-refractivity contribution in [3.05, 3.63) is 29.3 Å². The quantitative estimate of drug-likeness (QED) is 0.779. The third kappa shape index (κ3) is 3.04. The van der Waals surface area contributed by atoms with Crippen molar-refractivity contribution in [1.29, 1.82) is 0 Å². The first-order chi connectivity index (χ1) is 6.77. The molecule has 0 spiro atoms. The summed E-state index contributed by atoms with van der Waals surface area (Å²) >= 11 is 0. The van der Waals surface area contributed by atoms with Crippen molar-refractivity contribution in [2.24, 2.45) is 0 Å². The molecule has 0 unspecified atom stereocenters. The van der Waals surface area contributed by atoms with Gasteiger partial charge in [-0.2, -0.15) is 0 Å². The Kier molecular flexibility index (Phi) is 4.47. The molecule has 78 valence electrons. The lowest BCUT2D eigenvalue weighted by Crippen LogP contribution is -2.02. The monoisotopic (exact) mass is 194 g/mol. The predicted octanol–water partition coefficient (Wildman–Crippen LogP) is 2.32. The van der Waals surface area contributed by atoms with E-state index in [1.54, 1.807) is 0 Å². The van der Waals surface area contributed by atoms with E-state index in [9.17, 15) is 0 Å². The lowest BCUT2D eigenvalue weighted by atomic mass is 10.0. The van der Waals surface area contributed by atoms with Crippen LogP contribution in [-0.2, 0) is 6.42 Å². The van der Waals surface area contributed by atoms with E-state index >= 15 is 0 Å². The summed E-state index contributed by atoms with van der Waals surface area (Å²) in [6.07, 6.45) is 2.23. The smallest absolute Gasteiger partial charge is 0.119 e. The van der Waals surface area contributed by atoms with Crippen LogP contribution in [0.25, 0.3) is 0 Å². The minimum Gasteiger partial charge on any atom is -0.491 e. The molecule has 14 heavy (non-hydrogen) atoms. The molecule has 1 N–H and O–H groups in total. The van der Waals surface area contributed by atoms with Crippen molar-refractivity contribution in [2.75, 3.05) is 13.2 Å². The number of hydrogen-bond acceptors (Lipinski definition) is 2. The van der Waals surface area contributed by atoms with E-state index in [0.29, 0.717) is 6.61 Å². The summed E-state index contributed by atoms with van der Waals surface area (Å²) in [6.45, 7) is 4.72. The second-order valence-corrected chi connectivity index (χ2v) is 3.41. The molecule has 0 aliphatic heterocycles. The second-order valence-electron chi connectivity index (χ2n) is 3.41. The molecule has 0 heterocycles. The molecule has 0 amide bonds. The standard InChI is InChI=1S/C12H18O2/c1-3-4-11-9-12(14-8-7-13)6-5-10(11)2/h5-6,9,13H,3-4,7-8H2,1-2H3. The van der Waals surface area contributed by atoms with Gasteiger partial charge in [-0.1, -0.05) is 19.4 Å². The Morgan fingerprint density at radius 3 is 2.79 bits per heavy atom. The van der Waals surface area contributed by atoms with Gasteiger partial charge in [0.05, 0.1) is 6.61 Å². The number of hydrogen-bond donors (Lipinski definition) is 1. The molecular weight excluding hydrogens is 176 g/mol. The van der Waals surface area contributed by atoms with Gasteiger partial charge in [-0.15, -0.1) is 0 Å². The van der Waals surface area contributed by atoms with Crippen molar-refractivity contribution < 1.29 is 9.84 Å². The fourth-order valence-corrected chi connectivity index (χ4v) is 1.44. The summed E-state index contributed by atoms with van der Waals surface area (Å²) in [5, 5.41) is 8.63. The van der Waals surface area contributed by atoms with E-state index in [2.05, 4.69) is 26.0 Å². The maximum Gasteiger partial charge on any atom is 0.119 e. The summed E-state index contributed by atoms with van der Waals surface area (Å²) in [5.41, 5.74) is 2.64. The second kappa shape index (κ2) is 5.66. The van der Waals surface area contributed by atoms with Gasteiger partial charge in [-0.25, -0.2) is 0 Å². The molecule has 1 rings (SSSR count). The predicted molar refractivity (Wildman–Crippen MR) is 57.8 cm³/mol.